The molecular formula is C18H38N4O6. The monoisotopic (exact) mass is 406 g/mol. The molecule has 0 saturated heterocycles. The molecule has 0 spiro atoms. The van der Waals surface area contributed by atoms with Crippen LogP contribution in [-0.2, 0) is 19.2 Å². The summed E-state index contributed by atoms with van der Waals surface area (Å²) in [6.45, 7) is 0. The second-order valence-corrected chi connectivity index (χ2v) is 2.26. The smallest absolute Gasteiger partial charge is 0.231 e. The molecule has 1 aromatic rings. The van der Waals surface area contributed by atoms with E-state index in [4.69, 9.17) is 50.3 Å². The summed E-state index contributed by atoms with van der Waals surface area (Å²) in [5, 5.41) is 21.6. The molecule has 0 aliphatic rings. The Balaban J connectivity index is -0.0000000197. The van der Waals surface area contributed by atoms with Gasteiger partial charge in [-0.15, -0.1) is 0 Å². The van der Waals surface area contributed by atoms with Gasteiger partial charge in [0.15, 0.2) is 11.5 Å². The van der Waals surface area contributed by atoms with Gasteiger partial charge in [-0.05, 0) is 12.1 Å². The average Bonchev–Trinajstić information content (AvgIpc) is 2.50. The minimum atomic E-state index is 0. The van der Waals surface area contributed by atoms with Crippen molar-refractivity contribution in [2.75, 3.05) is 14.2 Å². The van der Waals surface area contributed by atoms with Crippen molar-refractivity contribution in [3.8, 4) is 11.5 Å². The normalized spacial score (nSPS) is 4.36. The zero-order valence-electron chi connectivity index (χ0n) is 11.8. The summed E-state index contributed by atoms with van der Waals surface area (Å²) in [7, 11) is 3.25. The second kappa shape index (κ2) is 76.5. The third-order valence-electron chi connectivity index (χ3n) is 1.29. The van der Waals surface area contributed by atoms with Gasteiger partial charge >= 0.3 is 0 Å². The van der Waals surface area contributed by atoms with Crippen LogP contribution in [0.5, 0.6) is 11.5 Å². The maximum atomic E-state index is 8.35. The lowest BCUT2D eigenvalue weighted by atomic mass is 10.3. The molecule has 166 valence electrons. The minimum Gasteiger partial charge on any atom is -0.493 e. The molecule has 4 N–H and O–H groups in total. The lowest BCUT2D eigenvalue weighted by Crippen LogP contribution is -1.88. The first-order valence-electron chi connectivity index (χ1n) is 4.87. The largest absolute Gasteiger partial charge is 0.493 e. The predicted molar refractivity (Wildman–Crippen MR) is 114 cm³/mol. The maximum Gasteiger partial charge on any atom is 0.231 e. The van der Waals surface area contributed by atoms with Crippen LogP contribution in [-0.4, -0.2) is 38.5 Å². The van der Waals surface area contributed by atoms with E-state index in [1.165, 1.54) is 0 Å². The first-order valence-corrected chi connectivity index (χ1v) is 4.87. The second-order valence-electron chi connectivity index (χ2n) is 2.26. The van der Waals surface area contributed by atoms with Gasteiger partial charge in [0, 0.05) is 0 Å². The van der Waals surface area contributed by atoms with Gasteiger partial charge < -0.3 is 9.47 Å². The fraction of sp³-hybridized carbons (Fsp3) is 0.444. The maximum absolute atomic E-state index is 8.35. The summed E-state index contributed by atoms with van der Waals surface area (Å²) in [5.41, 5.74) is 0. The fourth-order valence-electron chi connectivity index (χ4n) is 0.787. The highest BCUT2D eigenvalue weighted by molar-refractivity contribution is 5.39. The quantitative estimate of drug-likeness (QED) is 0.390. The molecule has 0 fully saturated rings. The fourth-order valence-corrected chi connectivity index (χ4v) is 0.787. The molecule has 1 aromatic carbocycles. The zero-order valence-corrected chi connectivity index (χ0v) is 11.8. The van der Waals surface area contributed by atoms with Crippen molar-refractivity contribution < 1.29 is 28.7 Å². The van der Waals surface area contributed by atoms with Gasteiger partial charge in [-0.1, -0.05) is 56.7 Å². The van der Waals surface area contributed by atoms with E-state index in [0.717, 1.165) is 35.8 Å². The Labute approximate surface area is 169 Å². The number of benzene rings is 1. The van der Waals surface area contributed by atoms with Gasteiger partial charge in [-0.25, -0.2) is 40.8 Å². The van der Waals surface area contributed by atoms with Crippen LogP contribution < -0.4 is 9.47 Å². The van der Waals surface area contributed by atoms with Crippen LogP contribution in [0.3, 0.4) is 0 Å². The molecule has 28 heavy (non-hydrogen) atoms. The van der Waals surface area contributed by atoms with E-state index in [2.05, 4.69) is 0 Å². The van der Waals surface area contributed by atoms with Crippen molar-refractivity contribution in [2.24, 2.45) is 0 Å². The van der Waals surface area contributed by atoms with Crippen molar-refractivity contribution in [3.05, 3.63) is 24.3 Å². The third-order valence-corrected chi connectivity index (χ3v) is 1.29. The Morgan fingerprint density at radius 2 is 0.714 bits per heavy atom. The van der Waals surface area contributed by atoms with E-state index < -0.39 is 0 Å². The standard InChI is InChI=1S/C8H10O2.4CHNO.6CH4/c1-9-7-5-3-4-6-8(7)10-2;4*2-1-3;;;;;;/h3-6H,1-2H3;4*2H;6*1H4. The average molecular weight is 407 g/mol. The zero-order chi connectivity index (χ0) is 18.2. The molecule has 0 unspecified atom stereocenters. The third kappa shape index (κ3) is 79.1. The minimum absolute atomic E-state index is 0. The van der Waals surface area contributed by atoms with Crippen LogP contribution in [0.4, 0.5) is 0 Å². The number of hydrogen-bond donors (Lipinski definition) is 4. The van der Waals surface area contributed by atoms with Crippen molar-refractivity contribution in [1.82, 2.24) is 0 Å². The molecule has 0 bridgehead atoms. The first kappa shape index (κ1) is 64.5. The van der Waals surface area contributed by atoms with Gasteiger partial charge in [-0.2, -0.15) is 0 Å². The van der Waals surface area contributed by atoms with Crippen LogP contribution >= 0.6 is 0 Å². The number of ether oxygens (including phenoxy) is 2. The van der Waals surface area contributed by atoms with Gasteiger partial charge in [0.25, 0.3) is 0 Å². The van der Waals surface area contributed by atoms with Crippen molar-refractivity contribution in [2.45, 2.75) is 44.6 Å². The molecule has 0 heterocycles. The van der Waals surface area contributed by atoms with Crippen molar-refractivity contribution >= 4 is 24.3 Å². The summed E-state index contributed by atoms with van der Waals surface area (Å²) in [6, 6.07) is 7.53. The number of hydrogen-bond acceptors (Lipinski definition) is 10. The molecular weight excluding hydrogens is 368 g/mol. The van der Waals surface area contributed by atoms with E-state index in [-0.39, 0.29) is 44.6 Å². The number of methoxy groups -OCH3 is 2. The van der Waals surface area contributed by atoms with Gasteiger partial charge in [0.1, 0.15) is 0 Å². The number of isocyanates is 4. The summed E-state index contributed by atoms with van der Waals surface area (Å²) in [6.07, 6.45) is 3.00. The molecule has 0 atom stereocenters. The molecule has 10 nitrogen and oxygen atoms in total. The highest BCUT2D eigenvalue weighted by Gasteiger charge is 1.97. The van der Waals surface area contributed by atoms with Crippen LogP contribution in [0, 0.1) is 21.6 Å². The van der Waals surface area contributed by atoms with E-state index >= 15 is 0 Å². The predicted octanol–water partition coefficient (Wildman–Crippen LogP) is 5.12. The summed E-state index contributed by atoms with van der Waals surface area (Å²) < 4.78 is 10.0. The summed E-state index contributed by atoms with van der Waals surface area (Å²) in [4.78, 5) is 33.4. The highest BCUT2D eigenvalue weighted by Crippen LogP contribution is 2.24. The van der Waals surface area contributed by atoms with Crippen LogP contribution in [0.1, 0.15) is 44.6 Å². The molecule has 10 heteroatoms. The molecule has 0 saturated carbocycles. The highest BCUT2D eigenvalue weighted by atomic mass is 16.5. The topological polar surface area (TPSA) is 182 Å². The lowest BCUT2D eigenvalue weighted by Gasteiger charge is -2.04. The van der Waals surface area contributed by atoms with Gasteiger partial charge in [-0.3, -0.25) is 0 Å². The molecule has 1 rings (SSSR count). The molecule has 0 aliphatic heterocycles. The van der Waals surface area contributed by atoms with E-state index in [1.807, 2.05) is 24.3 Å². The lowest BCUT2D eigenvalue weighted by molar-refractivity contribution is 0.355. The molecule has 0 radical (unpaired) electrons. The SMILES string of the molecule is C.C.C.C.C.C.COc1ccccc1OC.N=C=O.N=C=O.N=C=O.N=C=O. The molecule has 0 amide bonds. The van der Waals surface area contributed by atoms with Crippen LogP contribution in [0.15, 0.2) is 24.3 Å². The summed E-state index contributed by atoms with van der Waals surface area (Å²) >= 11 is 0. The van der Waals surface area contributed by atoms with Gasteiger partial charge in [0.2, 0.25) is 24.3 Å². The van der Waals surface area contributed by atoms with E-state index in [1.54, 1.807) is 14.2 Å². The Hall–Kier alpha value is -3.66. The number of para-hydroxylation sites is 2. The summed E-state index contributed by atoms with van der Waals surface area (Å²) in [5.74, 6) is 1.54. The number of nitrogens with one attached hydrogen (secondary N) is 4. The van der Waals surface area contributed by atoms with Crippen LogP contribution in [0.25, 0.3) is 0 Å². The molecule has 0 aromatic heterocycles. The van der Waals surface area contributed by atoms with Crippen LogP contribution in [0.2, 0.25) is 0 Å². The van der Waals surface area contributed by atoms with Crippen molar-refractivity contribution in [1.29, 1.82) is 21.6 Å². The van der Waals surface area contributed by atoms with E-state index in [0.29, 0.717) is 0 Å². The van der Waals surface area contributed by atoms with Gasteiger partial charge in [0.05, 0.1) is 14.2 Å². The number of rotatable bonds is 2. The van der Waals surface area contributed by atoms with E-state index in [9.17, 15) is 0 Å². The molecule has 0 aliphatic carbocycles. The van der Waals surface area contributed by atoms with Crippen molar-refractivity contribution in [3.63, 3.8) is 0 Å². The Morgan fingerprint density at radius 3 is 0.821 bits per heavy atom. The Kier molecular flexibility index (Phi) is 176. The number of carbonyl (C=O) groups excluding carboxylic acids is 4. The first-order chi connectivity index (χ1) is 10.5. The Morgan fingerprint density at radius 1 is 0.571 bits per heavy atom. The Bertz CT molecular complexity index is 442.